The minimum absolute atomic E-state index is 0.0629. The Kier molecular flexibility index (Phi) is 7.46. The summed E-state index contributed by atoms with van der Waals surface area (Å²) in [6.45, 7) is 0. The van der Waals surface area contributed by atoms with E-state index in [4.69, 9.17) is 65.1 Å². The second-order valence-electron chi connectivity index (χ2n) is 5.02. The van der Waals surface area contributed by atoms with Crippen LogP contribution in [0.25, 0.3) is 0 Å². The number of hydrogen-bond donors (Lipinski definition) is 6. The molecule has 2 rings (SSSR count). The van der Waals surface area contributed by atoms with Crippen molar-refractivity contribution in [2.75, 3.05) is 5.32 Å². The Balaban J connectivity index is 2.38. The second kappa shape index (κ2) is 9.41. The Morgan fingerprint density at radius 2 is 1.68 bits per heavy atom. The molecule has 0 atom stereocenters. The maximum absolute atomic E-state index is 12.7. The predicted molar refractivity (Wildman–Crippen MR) is 113 cm³/mol. The zero-order valence-electron chi connectivity index (χ0n) is 13.4. The van der Waals surface area contributed by atoms with Crippen molar-refractivity contribution in [3.8, 4) is 0 Å². The van der Waals surface area contributed by atoms with Gasteiger partial charge in [-0.1, -0.05) is 34.8 Å². The normalized spacial score (nSPS) is 14.9. The molecule has 7 N–H and O–H groups in total. The molecule has 1 fully saturated rings. The number of amides is 3. The van der Waals surface area contributed by atoms with Gasteiger partial charge in [0, 0.05) is 0 Å². The van der Waals surface area contributed by atoms with E-state index in [1.807, 2.05) is 0 Å². The third-order valence-corrected chi connectivity index (χ3v) is 4.62. The first-order valence-corrected chi connectivity index (χ1v) is 9.04. The Labute approximate surface area is 183 Å². The number of benzene rings is 1. The third kappa shape index (κ3) is 5.25. The monoisotopic (exact) mass is 481 g/mol. The second-order valence-corrected chi connectivity index (χ2v) is 7.06. The fraction of sp³-hybridized carbons (Fsp3) is 0.0769. The number of thiocarbonyl (C=S) groups is 2. The van der Waals surface area contributed by atoms with Gasteiger partial charge in [0.1, 0.15) is 5.71 Å². The van der Waals surface area contributed by atoms with Crippen molar-refractivity contribution < 1.29 is 14.4 Å². The van der Waals surface area contributed by atoms with Crippen LogP contribution in [-0.2, 0) is 14.4 Å². The summed E-state index contributed by atoms with van der Waals surface area (Å²) in [5.74, 6) is 0.801. The summed E-state index contributed by atoms with van der Waals surface area (Å²) in [4.78, 5) is 37.1. The molecule has 0 spiro atoms. The van der Waals surface area contributed by atoms with E-state index in [0.29, 0.717) is 0 Å². The maximum atomic E-state index is 12.7. The molecule has 1 aromatic rings. The van der Waals surface area contributed by atoms with Crippen molar-refractivity contribution in [2.24, 2.45) is 16.9 Å². The Morgan fingerprint density at radius 3 is 2.25 bits per heavy atom. The van der Waals surface area contributed by atoms with Crippen LogP contribution in [0.4, 0.5) is 5.69 Å². The molecule has 0 radical (unpaired) electrons. The molecule has 1 aromatic carbocycles. The van der Waals surface area contributed by atoms with Crippen LogP contribution in [0, 0.1) is 5.92 Å². The number of nitrogens with one attached hydrogen (secondary N) is 5. The number of nitrogens with two attached hydrogens (primary N) is 1. The van der Waals surface area contributed by atoms with Crippen LogP contribution in [0.15, 0.2) is 17.2 Å². The lowest BCUT2D eigenvalue weighted by Gasteiger charge is -2.23. The lowest BCUT2D eigenvalue weighted by molar-refractivity contribution is -0.132. The lowest BCUT2D eigenvalue weighted by atomic mass is 9.99. The smallest absolute Gasteiger partial charge is 0.273 e. The van der Waals surface area contributed by atoms with E-state index in [1.54, 1.807) is 0 Å². The van der Waals surface area contributed by atoms with Crippen molar-refractivity contribution in [3.63, 3.8) is 0 Å². The zero-order chi connectivity index (χ0) is 21.0. The summed E-state index contributed by atoms with van der Waals surface area (Å²) in [7, 11) is 0. The fourth-order valence-electron chi connectivity index (χ4n) is 1.96. The van der Waals surface area contributed by atoms with Gasteiger partial charge in [-0.15, -0.1) is 0 Å². The number of hydrazone groups is 1. The van der Waals surface area contributed by atoms with Gasteiger partial charge in [-0.3, -0.25) is 25.2 Å². The summed E-state index contributed by atoms with van der Waals surface area (Å²) < 4.78 is 0. The summed E-state index contributed by atoms with van der Waals surface area (Å²) in [6.07, 6.45) is 0. The van der Waals surface area contributed by atoms with Gasteiger partial charge in [-0.25, -0.2) is 5.84 Å². The van der Waals surface area contributed by atoms with Gasteiger partial charge in [0.15, 0.2) is 11.0 Å². The first-order chi connectivity index (χ1) is 13.1. The molecule has 10 nitrogen and oxygen atoms in total. The van der Waals surface area contributed by atoms with Crippen LogP contribution < -0.4 is 32.6 Å². The highest BCUT2D eigenvalue weighted by atomic mass is 35.5. The van der Waals surface area contributed by atoms with E-state index in [9.17, 15) is 14.4 Å². The van der Waals surface area contributed by atoms with Gasteiger partial charge in [0.25, 0.3) is 5.91 Å². The van der Waals surface area contributed by atoms with Gasteiger partial charge in [-0.05, 0) is 36.6 Å². The van der Waals surface area contributed by atoms with Crippen molar-refractivity contribution in [3.05, 3.63) is 27.2 Å². The minimum Gasteiger partial charge on any atom is -0.319 e. The molecule has 15 heteroatoms. The van der Waals surface area contributed by atoms with Gasteiger partial charge in [0.05, 0.1) is 20.8 Å². The van der Waals surface area contributed by atoms with Gasteiger partial charge < -0.3 is 16.0 Å². The van der Waals surface area contributed by atoms with Crippen molar-refractivity contribution in [1.29, 1.82) is 0 Å². The molecule has 1 aliphatic rings. The molecule has 148 valence electrons. The van der Waals surface area contributed by atoms with Gasteiger partial charge in [0.2, 0.25) is 16.9 Å². The van der Waals surface area contributed by atoms with Gasteiger partial charge in [-0.2, -0.15) is 5.10 Å². The van der Waals surface area contributed by atoms with E-state index in [2.05, 4.69) is 31.9 Å². The van der Waals surface area contributed by atoms with E-state index in [-0.39, 0.29) is 31.0 Å². The van der Waals surface area contributed by atoms with E-state index < -0.39 is 29.4 Å². The molecule has 1 saturated heterocycles. The molecule has 0 bridgehead atoms. The topological polar surface area (TPSA) is 150 Å². The van der Waals surface area contributed by atoms with Crippen LogP contribution >= 0.6 is 59.2 Å². The van der Waals surface area contributed by atoms with E-state index >= 15 is 0 Å². The fourth-order valence-corrected chi connectivity index (χ4v) is 2.80. The summed E-state index contributed by atoms with van der Waals surface area (Å²) in [5, 5.41) is 10.5. The van der Waals surface area contributed by atoms with Crippen LogP contribution in [0.2, 0.25) is 15.1 Å². The van der Waals surface area contributed by atoms with Crippen LogP contribution in [0.3, 0.4) is 0 Å². The van der Waals surface area contributed by atoms with E-state index in [1.165, 1.54) is 12.1 Å². The standard InChI is InChI=1S/C13H10Cl3N7O3S2/c14-3-1-5(16)6(2-4(3)15)18-11(26)8(22-23-13(28)21-17)7-9(24)19-12(27)20-10(7)25/h1-2,7H,17H2,(H,18,26)(H2,21,23,28)(H2,19,20,24,25,27)/b22-8+. The number of carbonyl (C=O) groups is 3. The van der Waals surface area contributed by atoms with Crippen LogP contribution in [-0.4, -0.2) is 33.7 Å². The average Bonchev–Trinajstić information content (AvgIpc) is 2.61. The maximum Gasteiger partial charge on any atom is 0.273 e. The Bertz CT molecular complexity index is 905. The lowest BCUT2D eigenvalue weighted by Crippen LogP contribution is -2.59. The number of carbonyl (C=O) groups excluding carboxylic acids is 3. The highest BCUT2D eigenvalue weighted by Crippen LogP contribution is 2.32. The third-order valence-electron chi connectivity index (χ3n) is 3.17. The van der Waals surface area contributed by atoms with Crippen LogP contribution in [0.1, 0.15) is 0 Å². The number of anilines is 1. The molecule has 0 saturated carbocycles. The Hall–Kier alpha value is -2.09. The molecule has 28 heavy (non-hydrogen) atoms. The van der Waals surface area contributed by atoms with Crippen molar-refractivity contribution in [1.82, 2.24) is 21.5 Å². The largest absolute Gasteiger partial charge is 0.319 e. The number of rotatable bonds is 4. The molecule has 1 heterocycles. The average molecular weight is 483 g/mol. The number of hydrogen-bond acceptors (Lipinski definition) is 7. The predicted octanol–water partition coefficient (Wildman–Crippen LogP) is 0.426. The minimum atomic E-state index is -1.64. The molecule has 1 aliphatic heterocycles. The Morgan fingerprint density at radius 1 is 1.11 bits per heavy atom. The number of hydrazine groups is 1. The first kappa shape index (κ1) is 22.2. The number of halogens is 3. The SMILES string of the molecule is NNC(=S)N/N=C(/C(=O)Nc1cc(Cl)c(Cl)cc1Cl)C1C(=O)NC(=S)NC1=O. The zero-order valence-corrected chi connectivity index (χ0v) is 17.3. The molecule has 3 amide bonds. The summed E-state index contributed by atoms with van der Waals surface area (Å²) in [6, 6.07) is 2.60. The van der Waals surface area contributed by atoms with Crippen molar-refractivity contribution in [2.45, 2.75) is 0 Å². The highest BCUT2D eigenvalue weighted by molar-refractivity contribution is 7.80. The summed E-state index contributed by atoms with van der Waals surface area (Å²) >= 11 is 27.3. The van der Waals surface area contributed by atoms with Crippen molar-refractivity contribution >= 4 is 98.6 Å². The molecular weight excluding hydrogens is 473 g/mol. The molecule has 0 aliphatic carbocycles. The van der Waals surface area contributed by atoms with Gasteiger partial charge >= 0.3 is 0 Å². The first-order valence-electron chi connectivity index (χ1n) is 7.09. The van der Waals surface area contributed by atoms with Crippen LogP contribution in [0.5, 0.6) is 0 Å². The van der Waals surface area contributed by atoms with E-state index in [0.717, 1.165) is 0 Å². The number of nitrogens with zero attached hydrogens (tertiary/aromatic N) is 1. The molecule has 0 unspecified atom stereocenters. The summed E-state index contributed by atoms with van der Waals surface area (Å²) in [5.41, 5.74) is 3.83. The molecule has 0 aromatic heterocycles. The quantitative estimate of drug-likeness (QED) is 0.0903. The highest BCUT2D eigenvalue weighted by Gasteiger charge is 2.40. The molecular formula is C13H10Cl3N7O3S2.